The van der Waals surface area contributed by atoms with Gasteiger partial charge in [-0.05, 0) is 55.8 Å². The number of carboxylic acid groups (broad SMARTS) is 1. The van der Waals surface area contributed by atoms with Crippen molar-refractivity contribution in [1.82, 2.24) is 0 Å². The minimum absolute atomic E-state index is 0.0775. The minimum Gasteiger partial charge on any atom is -0.477 e. The predicted molar refractivity (Wildman–Crippen MR) is 79.1 cm³/mol. The van der Waals surface area contributed by atoms with Crippen molar-refractivity contribution in [3.05, 3.63) is 0 Å². The van der Waals surface area contributed by atoms with Gasteiger partial charge >= 0.3 is 11.9 Å². The van der Waals surface area contributed by atoms with Crippen LogP contribution in [0.15, 0.2) is 0 Å². The zero-order valence-electron chi connectivity index (χ0n) is 13.7. The molecule has 1 N–H and O–H groups in total. The van der Waals surface area contributed by atoms with Crippen LogP contribution in [0.5, 0.6) is 0 Å². The number of hydrogen-bond donors (Lipinski definition) is 1. The molecule has 4 bridgehead atoms. The highest BCUT2D eigenvalue weighted by molar-refractivity contribution is 5.75. The van der Waals surface area contributed by atoms with Gasteiger partial charge in [-0.15, -0.1) is 0 Å². The second kappa shape index (κ2) is 6.28. The van der Waals surface area contributed by atoms with Crippen LogP contribution in [-0.2, 0) is 14.3 Å². The molecule has 0 aliphatic heterocycles. The van der Waals surface area contributed by atoms with Gasteiger partial charge in [0, 0.05) is 5.92 Å². The van der Waals surface area contributed by atoms with Crippen LogP contribution in [0.1, 0.15) is 46.0 Å². The fourth-order valence-corrected chi connectivity index (χ4v) is 4.89. The van der Waals surface area contributed by atoms with Crippen molar-refractivity contribution in [2.75, 3.05) is 6.61 Å². The molecule has 4 nitrogen and oxygen atoms in total. The summed E-state index contributed by atoms with van der Waals surface area (Å²) in [6.07, 6.45) is 5.34. The Bertz CT molecular complexity index is 424. The smallest absolute Gasteiger partial charge is 0.377 e. The molecule has 0 aromatic rings. The summed E-state index contributed by atoms with van der Waals surface area (Å²) in [7, 11) is 0. The fraction of sp³-hybridized carbons (Fsp3) is 0.941. The van der Waals surface area contributed by atoms with E-state index in [-0.39, 0.29) is 12.0 Å². The molecule has 4 aliphatic carbocycles. The first-order valence-corrected chi connectivity index (χ1v) is 8.64. The van der Waals surface area contributed by atoms with Gasteiger partial charge in [-0.3, -0.25) is 0 Å². The normalized spacial score (nSPS) is 37.3. The SMILES string of the molecule is CC(C)C(OCC(F)(F)C(=O)O)OC1C2CC3CC(C2)CC1C3. The molecule has 0 aromatic carbocycles. The molecule has 0 aromatic heterocycles. The van der Waals surface area contributed by atoms with Gasteiger partial charge in [0.25, 0.3) is 0 Å². The number of halogens is 2. The average molecular weight is 332 g/mol. The molecule has 132 valence electrons. The maximum atomic E-state index is 13.3. The van der Waals surface area contributed by atoms with Crippen LogP contribution in [-0.4, -0.2) is 36.0 Å². The molecular weight excluding hydrogens is 306 g/mol. The van der Waals surface area contributed by atoms with E-state index in [4.69, 9.17) is 14.6 Å². The van der Waals surface area contributed by atoms with Crippen molar-refractivity contribution in [3.63, 3.8) is 0 Å². The topological polar surface area (TPSA) is 55.8 Å². The second-order valence-electron chi connectivity index (χ2n) is 7.96. The van der Waals surface area contributed by atoms with Gasteiger partial charge in [-0.2, -0.15) is 8.78 Å². The second-order valence-corrected chi connectivity index (χ2v) is 7.96. The van der Waals surface area contributed by atoms with E-state index in [2.05, 4.69) is 0 Å². The van der Waals surface area contributed by atoms with E-state index >= 15 is 0 Å². The van der Waals surface area contributed by atoms with Crippen molar-refractivity contribution < 1.29 is 28.2 Å². The molecule has 4 saturated carbocycles. The van der Waals surface area contributed by atoms with Gasteiger partial charge in [-0.1, -0.05) is 13.8 Å². The van der Waals surface area contributed by atoms with Gasteiger partial charge in [0.2, 0.25) is 0 Å². The van der Waals surface area contributed by atoms with E-state index in [0.29, 0.717) is 11.8 Å². The molecule has 1 unspecified atom stereocenters. The van der Waals surface area contributed by atoms with Crippen LogP contribution in [0.3, 0.4) is 0 Å². The third-order valence-corrected chi connectivity index (χ3v) is 5.72. The van der Waals surface area contributed by atoms with E-state index in [1.165, 1.54) is 32.1 Å². The molecular formula is C17H26F2O4. The van der Waals surface area contributed by atoms with E-state index in [1.54, 1.807) is 0 Å². The van der Waals surface area contributed by atoms with E-state index in [9.17, 15) is 13.6 Å². The van der Waals surface area contributed by atoms with Crippen molar-refractivity contribution in [2.45, 2.75) is 64.3 Å². The number of hydrogen-bond acceptors (Lipinski definition) is 3. The van der Waals surface area contributed by atoms with Crippen molar-refractivity contribution in [2.24, 2.45) is 29.6 Å². The van der Waals surface area contributed by atoms with E-state index < -0.39 is 24.8 Å². The predicted octanol–water partition coefficient (Wildman–Crippen LogP) is 3.55. The summed E-state index contributed by atoms with van der Waals surface area (Å²) in [6.45, 7) is 2.55. The molecule has 0 saturated heterocycles. The molecule has 4 fully saturated rings. The Morgan fingerprint density at radius 2 is 1.65 bits per heavy atom. The average Bonchev–Trinajstić information content (AvgIpc) is 2.44. The quantitative estimate of drug-likeness (QED) is 0.725. The number of rotatable bonds is 7. The van der Waals surface area contributed by atoms with Crippen LogP contribution in [0, 0.1) is 29.6 Å². The summed E-state index contributed by atoms with van der Waals surface area (Å²) >= 11 is 0. The zero-order chi connectivity index (χ0) is 16.8. The molecule has 4 aliphatic rings. The molecule has 0 radical (unpaired) electrons. The lowest BCUT2D eigenvalue weighted by Crippen LogP contribution is -2.51. The Morgan fingerprint density at radius 1 is 1.13 bits per heavy atom. The summed E-state index contributed by atoms with van der Waals surface area (Å²) in [5.74, 6) is -3.49. The van der Waals surface area contributed by atoms with Crippen LogP contribution in [0.2, 0.25) is 0 Å². The summed E-state index contributed by atoms with van der Waals surface area (Å²) in [4.78, 5) is 10.5. The molecule has 1 atom stereocenters. The number of ether oxygens (including phenoxy) is 2. The number of aliphatic carboxylic acids is 1. The largest absolute Gasteiger partial charge is 0.477 e. The maximum absolute atomic E-state index is 13.3. The Hall–Kier alpha value is -0.750. The van der Waals surface area contributed by atoms with E-state index in [1.807, 2.05) is 13.8 Å². The number of alkyl halides is 2. The third kappa shape index (κ3) is 3.53. The van der Waals surface area contributed by atoms with Gasteiger partial charge < -0.3 is 14.6 Å². The first-order chi connectivity index (χ1) is 10.8. The fourth-order valence-electron chi connectivity index (χ4n) is 4.89. The van der Waals surface area contributed by atoms with Crippen LogP contribution in [0.25, 0.3) is 0 Å². The Kier molecular flexibility index (Phi) is 4.67. The third-order valence-electron chi connectivity index (χ3n) is 5.72. The summed E-state index contributed by atoms with van der Waals surface area (Å²) in [6, 6.07) is 0. The van der Waals surface area contributed by atoms with Crippen LogP contribution < -0.4 is 0 Å². The molecule has 0 heterocycles. The minimum atomic E-state index is -3.87. The first kappa shape index (κ1) is 17.1. The molecule has 23 heavy (non-hydrogen) atoms. The van der Waals surface area contributed by atoms with Gasteiger partial charge in [-0.25, -0.2) is 4.79 Å². The van der Waals surface area contributed by atoms with Crippen molar-refractivity contribution in [3.8, 4) is 0 Å². The molecule has 0 amide bonds. The Labute approximate surface area is 135 Å². The maximum Gasteiger partial charge on any atom is 0.377 e. The molecule has 0 spiro atoms. The summed E-state index contributed by atoms with van der Waals surface area (Å²) < 4.78 is 37.8. The lowest BCUT2D eigenvalue weighted by Gasteiger charge is -2.54. The number of carboxylic acids is 1. The Morgan fingerprint density at radius 3 is 2.09 bits per heavy atom. The summed E-state index contributed by atoms with van der Waals surface area (Å²) in [5.41, 5.74) is 0. The van der Waals surface area contributed by atoms with Gasteiger partial charge in [0.1, 0.15) is 6.61 Å². The van der Waals surface area contributed by atoms with E-state index in [0.717, 1.165) is 11.8 Å². The highest BCUT2D eigenvalue weighted by atomic mass is 19.3. The molecule has 6 heteroatoms. The monoisotopic (exact) mass is 332 g/mol. The highest BCUT2D eigenvalue weighted by Gasteiger charge is 2.50. The van der Waals surface area contributed by atoms with Gasteiger partial charge in [0.05, 0.1) is 6.10 Å². The van der Waals surface area contributed by atoms with Gasteiger partial charge in [0.15, 0.2) is 6.29 Å². The van der Waals surface area contributed by atoms with Crippen LogP contribution >= 0.6 is 0 Å². The van der Waals surface area contributed by atoms with Crippen molar-refractivity contribution in [1.29, 1.82) is 0 Å². The Balaban J connectivity index is 1.60. The first-order valence-electron chi connectivity index (χ1n) is 8.64. The standard InChI is InChI=1S/C17H26F2O4/c1-9(2)15(22-8-17(18,19)16(20)21)23-14-12-4-10-3-11(6-12)7-13(14)5-10/h9-15H,3-8H2,1-2H3,(H,20,21). The van der Waals surface area contributed by atoms with Crippen LogP contribution in [0.4, 0.5) is 8.78 Å². The summed E-state index contributed by atoms with van der Waals surface area (Å²) in [5, 5.41) is 8.51. The zero-order valence-corrected chi connectivity index (χ0v) is 13.7. The number of carbonyl (C=O) groups is 1. The molecule has 4 rings (SSSR count). The van der Waals surface area contributed by atoms with Crippen molar-refractivity contribution >= 4 is 5.97 Å². The highest BCUT2D eigenvalue weighted by Crippen LogP contribution is 2.55. The lowest BCUT2D eigenvalue weighted by atomic mass is 9.55. The lowest BCUT2D eigenvalue weighted by molar-refractivity contribution is -0.257.